The van der Waals surface area contributed by atoms with E-state index in [9.17, 15) is 0 Å². The van der Waals surface area contributed by atoms with Gasteiger partial charge < -0.3 is 14.8 Å². The third kappa shape index (κ3) is 5.43. The molecule has 28 heavy (non-hydrogen) atoms. The molecule has 0 bridgehead atoms. The van der Waals surface area contributed by atoms with Gasteiger partial charge >= 0.3 is 0 Å². The van der Waals surface area contributed by atoms with Crippen LogP contribution in [0.1, 0.15) is 30.3 Å². The van der Waals surface area contributed by atoms with Gasteiger partial charge in [-0.05, 0) is 60.1 Å². The maximum atomic E-state index is 5.93. The summed E-state index contributed by atoms with van der Waals surface area (Å²) in [7, 11) is 1.64. The Labute approximate surface area is 171 Å². The van der Waals surface area contributed by atoms with Crippen molar-refractivity contribution in [3.8, 4) is 17.2 Å². The van der Waals surface area contributed by atoms with Crippen LogP contribution in [0.2, 0.25) is 0 Å². The van der Waals surface area contributed by atoms with Crippen LogP contribution in [-0.2, 0) is 13.2 Å². The van der Waals surface area contributed by atoms with Crippen molar-refractivity contribution in [2.24, 2.45) is 0 Å². The third-order valence-electron chi connectivity index (χ3n) is 4.15. The lowest BCUT2D eigenvalue weighted by molar-refractivity contribution is 0.273. The lowest BCUT2D eigenvalue weighted by atomic mass is 10.2. The van der Waals surface area contributed by atoms with Crippen LogP contribution in [0.4, 0.5) is 0 Å². The number of aromatic nitrogens is 4. The molecule has 0 unspecified atom stereocenters. The van der Waals surface area contributed by atoms with Crippen molar-refractivity contribution in [1.82, 2.24) is 25.5 Å². The molecule has 1 heterocycles. The summed E-state index contributed by atoms with van der Waals surface area (Å²) in [5, 5.41) is 15.3. The molecule has 0 aliphatic rings. The van der Waals surface area contributed by atoms with Gasteiger partial charge in [0.1, 0.15) is 0 Å². The Kier molecular flexibility index (Phi) is 8.22. The molecule has 0 fully saturated rings. The number of hydrogen-bond acceptors (Lipinski definition) is 6. The minimum Gasteiger partial charge on any atom is -0.493 e. The zero-order chi connectivity index (χ0) is 19.1. The molecular weight excluding hydrogens is 378 g/mol. The van der Waals surface area contributed by atoms with Crippen LogP contribution in [0.3, 0.4) is 0 Å². The lowest BCUT2D eigenvalue weighted by Gasteiger charge is -2.12. The number of rotatable bonds is 9. The van der Waals surface area contributed by atoms with Crippen LogP contribution < -0.4 is 14.8 Å². The van der Waals surface area contributed by atoms with Crippen LogP contribution in [0.15, 0.2) is 42.5 Å². The SMILES string of the molecule is CCCNCc1ccc(OCc2nnnn2-c2ccc(C)cc2)c(OC)c1.Cl. The Morgan fingerprint density at radius 3 is 2.57 bits per heavy atom. The van der Waals surface area contributed by atoms with Gasteiger partial charge in [0, 0.05) is 6.54 Å². The Morgan fingerprint density at radius 1 is 1.07 bits per heavy atom. The Hall–Kier alpha value is -2.64. The summed E-state index contributed by atoms with van der Waals surface area (Å²) >= 11 is 0. The normalized spacial score (nSPS) is 10.4. The Bertz CT molecular complexity index is 867. The molecule has 3 aromatic rings. The van der Waals surface area contributed by atoms with E-state index in [-0.39, 0.29) is 19.0 Å². The lowest BCUT2D eigenvalue weighted by Crippen LogP contribution is -2.13. The number of nitrogens with zero attached hydrogens (tertiary/aromatic N) is 4. The van der Waals surface area contributed by atoms with E-state index < -0.39 is 0 Å². The Morgan fingerprint density at radius 2 is 1.86 bits per heavy atom. The standard InChI is InChI=1S/C20H25N5O2.ClH/c1-4-11-21-13-16-7-10-18(19(12-16)26-3)27-14-20-22-23-24-25(20)17-8-5-15(2)6-9-17;/h5-10,12,21H,4,11,13-14H2,1-3H3;1H. The van der Waals surface area contributed by atoms with Crippen LogP contribution in [-0.4, -0.2) is 33.9 Å². The fourth-order valence-corrected chi connectivity index (χ4v) is 2.68. The van der Waals surface area contributed by atoms with Gasteiger partial charge in [0.15, 0.2) is 23.9 Å². The number of ether oxygens (including phenoxy) is 2. The largest absolute Gasteiger partial charge is 0.493 e. The summed E-state index contributed by atoms with van der Waals surface area (Å²) < 4.78 is 13.1. The molecule has 0 saturated heterocycles. The van der Waals surface area contributed by atoms with Gasteiger partial charge in [-0.15, -0.1) is 17.5 Å². The first-order valence-electron chi connectivity index (χ1n) is 9.06. The summed E-state index contributed by atoms with van der Waals surface area (Å²) in [5.41, 5.74) is 3.23. The number of hydrogen-bond donors (Lipinski definition) is 1. The first kappa shape index (κ1) is 21.7. The molecule has 2 aromatic carbocycles. The van der Waals surface area contributed by atoms with Gasteiger partial charge in [0.25, 0.3) is 0 Å². The first-order valence-corrected chi connectivity index (χ1v) is 9.06. The molecule has 1 N–H and O–H groups in total. The molecule has 8 heteroatoms. The summed E-state index contributed by atoms with van der Waals surface area (Å²) in [4.78, 5) is 0. The van der Waals surface area contributed by atoms with E-state index in [0.29, 0.717) is 17.3 Å². The minimum atomic E-state index is 0. The highest BCUT2D eigenvalue weighted by Crippen LogP contribution is 2.28. The molecule has 1 aromatic heterocycles. The van der Waals surface area contributed by atoms with Crippen molar-refractivity contribution in [2.45, 2.75) is 33.4 Å². The fraction of sp³-hybridized carbons (Fsp3) is 0.350. The van der Waals surface area contributed by atoms with Gasteiger partial charge in [-0.25, -0.2) is 0 Å². The molecule has 0 radical (unpaired) electrons. The second-order valence-corrected chi connectivity index (χ2v) is 6.29. The first-order chi connectivity index (χ1) is 13.2. The average molecular weight is 404 g/mol. The van der Waals surface area contributed by atoms with Crippen molar-refractivity contribution < 1.29 is 9.47 Å². The topological polar surface area (TPSA) is 74.1 Å². The maximum Gasteiger partial charge on any atom is 0.194 e. The summed E-state index contributed by atoms with van der Waals surface area (Å²) in [6, 6.07) is 13.9. The maximum absolute atomic E-state index is 5.93. The molecule has 0 spiro atoms. The van der Waals surface area contributed by atoms with Crippen LogP contribution >= 0.6 is 12.4 Å². The van der Waals surface area contributed by atoms with Gasteiger partial charge in [-0.2, -0.15) is 4.68 Å². The summed E-state index contributed by atoms with van der Waals surface area (Å²) in [6.07, 6.45) is 1.11. The minimum absolute atomic E-state index is 0. The molecule has 150 valence electrons. The highest BCUT2D eigenvalue weighted by atomic mass is 35.5. The number of tetrazole rings is 1. The molecule has 0 atom stereocenters. The zero-order valence-corrected chi connectivity index (χ0v) is 17.2. The number of halogens is 1. The molecule has 0 amide bonds. The molecule has 0 saturated carbocycles. The van der Waals surface area contributed by atoms with Crippen molar-refractivity contribution >= 4 is 12.4 Å². The van der Waals surface area contributed by atoms with E-state index in [1.807, 2.05) is 49.4 Å². The number of methoxy groups -OCH3 is 1. The van der Waals surface area contributed by atoms with E-state index in [1.165, 1.54) is 5.56 Å². The molecule has 7 nitrogen and oxygen atoms in total. The number of aryl methyl sites for hydroxylation is 1. The van der Waals surface area contributed by atoms with Crippen molar-refractivity contribution in [3.05, 3.63) is 59.4 Å². The highest BCUT2D eigenvalue weighted by Gasteiger charge is 2.11. The molecule has 3 rings (SSSR count). The van der Waals surface area contributed by atoms with Crippen molar-refractivity contribution in [1.29, 1.82) is 0 Å². The van der Waals surface area contributed by atoms with Crippen molar-refractivity contribution in [2.75, 3.05) is 13.7 Å². The van der Waals surface area contributed by atoms with E-state index >= 15 is 0 Å². The van der Waals surface area contributed by atoms with Gasteiger partial charge in [0.2, 0.25) is 0 Å². The third-order valence-corrected chi connectivity index (χ3v) is 4.15. The molecule has 0 aliphatic carbocycles. The number of nitrogens with one attached hydrogen (secondary N) is 1. The monoisotopic (exact) mass is 403 g/mol. The van der Waals surface area contributed by atoms with E-state index in [4.69, 9.17) is 9.47 Å². The number of benzene rings is 2. The predicted molar refractivity (Wildman–Crippen MR) is 110 cm³/mol. The predicted octanol–water partition coefficient (Wildman–Crippen LogP) is 3.48. The molecular formula is C20H26ClN5O2. The summed E-state index contributed by atoms with van der Waals surface area (Å²) in [6.45, 7) is 6.22. The quantitative estimate of drug-likeness (QED) is 0.551. The highest BCUT2D eigenvalue weighted by molar-refractivity contribution is 5.85. The van der Waals surface area contributed by atoms with Crippen molar-refractivity contribution in [3.63, 3.8) is 0 Å². The van der Waals surface area contributed by atoms with Gasteiger partial charge in [-0.1, -0.05) is 30.7 Å². The van der Waals surface area contributed by atoms with Gasteiger partial charge in [-0.3, -0.25) is 0 Å². The average Bonchev–Trinajstić information content (AvgIpc) is 3.16. The van der Waals surface area contributed by atoms with Gasteiger partial charge in [0.05, 0.1) is 12.8 Å². The Balaban J connectivity index is 0.00000280. The van der Waals surface area contributed by atoms with E-state index in [0.717, 1.165) is 30.8 Å². The second kappa shape index (κ2) is 10.6. The molecule has 0 aliphatic heterocycles. The second-order valence-electron chi connectivity index (χ2n) is 6.29. The van der Waals surface area contributed by atoms with E-state index in [2.05, 4.69) is 27.8 Å². The fourth-order valence-electron chi connectivity index (χ4n) is 2.68. The van der Waals surface area contributed by atoms with Crippen LogP contribution in [0, 0.1) is 6.92 Å². The van der Waals surface area contributed by atoms with E-state index in [1.54, 1.807) is 11.8 Å². The zero-order valence-electron chi connectivity index (χ0n) is 16.4. The smallest absolute Gasteiger partial charge is 0.194 e. The van der Waals surface area contributed by atoms with Crippen LogP contribution in [0.25, 0.3) is 5.69 Å². The van der Waals surface area contributed by atoms with Crippen LogP contribution in [0.5, 0.6) is 11.5 Å². The summed E-state index contributed by atoms with van der Waals surface area (Å²) in [5.74, 6) is 1.98.